The van der Waals surface area contributed by atoms with Crippen molar-refractivity contribution in [2.75, 3.05) is 13.1 Å². The van der Waals surface area contributed by atoms with Gasteiger partial charge >= 0.3 is 0 Å². The highest BCUT2D eigenvalue weighted by atomic mass is 16.1. The molecule has 0 unspecified atom stereocenters. The van der Waals surface area contributed by atoms with Crippen LogP contribution in [0.3, 0.4) is 0 Å². The normalized spacial score (nSPS) is 16.3. The van der Waals surface area contributed by atoms with Gasteiger partial charge in [-0.3, -0.25) is 4.79 Å². The molecule has 1 amide bonds. The Labute approximate surface area is 115 Å². The number of aryl methyl sites for hydroxylation is 1. The summed E-state index contributed by atoms with van der Waals surface area (Å²) in [5, 5.41) is 6.36. The SMILES string of the molecule is Cc1ccc(CNC(=O)CCC2CCNCC2)cc1. The van der Waals surface area contributed by atoms with Gasteiger partial charge in [0.1, 0.15) is 0 Å². The Hall–Kier alpha value is -1.35. The lowest BCUT2D eigenvalue weighted by Gasteiger charge is -2.22. The largest absolute Gasteiger partial charge is 0.352 e. The van der Waals surface area contributed by atoms with Gasteiger partial charge in [-0.2, -0.15) is 0 Å². The highest BCUT2D eigenvalue weighted by molar-refractivity contribution is 5.75. The van der Waals surface area contributed by atoms with Crippen molar-refractivity contribution in [3.8, 4) is 0 Å². The van der Waals surface area contributed by atoms with E-state index in [-0.39, 0.29) is 5.91 Å². The third-order valence-corrected chi connectivity index (χ3v) is 3.85. The molecule has 1 aromatic carbocycles. The van der Waals surface area contributed by atoms with Crippen molar-refractivity contribution in [3.63, 3.8) is 0 Å². The van der Waals surface area contributed by atoms with Crippen LogP contribution in [0.15, 0.2) is 24.3 Å². The number of benzene rings is 1. The van der Waals surface area contributed by atoms with Crippen LogP contribution < -0.4 is 10.6 Å². The van der Waals surface area contributed by atoms with E-state index >= 15 is 0 Å². The summed E-state index contributed by atoms with van der Waals surface area (Å²) in [6, 6.07) is 8.30. The second-order valence-electron chi connectivity index (χ2n) is 5.49. The number of hydrogen-bond donors (Lipinski definition) is 2. The lowest BCUT2D eigenvalue weighted by Crippen LogP contribution is -2.29. The van der Waals surface area contributed by atoms with Gasteiger partial charge in [-0.1, -0.05) is 29.8 Å². The Morgan fingerprint density at radius 1 is 1.26 bits per heavy atom. The first kappa shape index (κ1) is 14.1. The summed E-state index contributed by atoms with van der Waals surface area (Å²) >= 11 is 0. The average molecular weight is 260 g/mol. The predicted molar refractivity (Wildman–Crippen MR) is 77.9 cm³/mol. The fourth-order valence-electron chi connectivity index (χ4n) is 2.50. The van der Waals surface area contributed by atoms with Gasteiger partial charge in [-0.05, 0) is 50.8 Å². The predicted octanol–water partition coefficient (Wildman–Crippen LogP) is 2.39. The van der Waals surface area contributed by atoms with Crippen molar-refractivity contribution in [2.45, 2.75) is 39.2 Å². The van der Waals surface area contributed by atoms with Crippen molar-refractivity contribution in [2.24, 2.45) is 5.92 Å². The fourth-order valence-corrected chi connectivity index (χ4v) is 2.50. The molecule has 1 aliphatic heterocycles. The molecule has 1 aliphatic rings. The average Bonchev–Trinajstić information content (AvgIpc) is 2.45. The fraction of sp³-hybridized carbons (Fsp3) is 0.562. The van der Waals surface area contributed by atoms with Crippen LogP contribution in [0.4, 0.5) is 0 Å². The molecule has 0 aliphatic carbocycles. The molecule has 1 fully saturated rings. The van der Waals surface area contributed by atoms with E-state index in [0.717, 1.165) is 25.4 Å². The van der Waals surface area contributed by atoms with Crippen LogP contribution in [0.2, 0.25) is 0 Å². The number of amides is 1. The monoisotopic (exact) mass is 260 g/mol. The van der Waals surface area contributed by atoms with E-state index in [1.807, 2.05) is 0 Å². The second kappa shape index (κ2) is 7.29. The van der Waals surface area contributed by atoms with Crippen molar-refractivity contribution >= 4 is 5.91 Å². The number of carbonyl (C=O) groups is 1. The second-order valence-corrected chi connectivity index (χ2v) is 5.49. The minimum Gasteiger partial charge on any atom is -0.352 e. The molecule has 0 radical (unpaired) electrons. The third-order valence-electron chi connectivity index (χ3n) is 3.85. The molecule has 3 nitrogen and oxygen atoms in total. The van der Waals surface area contributed by atoms with Crippen molar-refractivity contribution in [1.82, 2.24) is 10.6 Å². The summed E-state index contributed by atoms with van der Waals surface area (Å²) in [5.74, 6) is 0.908. The Morgan fingerprint density at radius 3 is 2.63 bits per heavy atom. The molecular weight excluding hydrogens is 236 g/mol. The quantitative estimate of drug-likeness (QED) is 0.853. The maximum absolute atomic E-state index is 11.8. The molecule has 1 aromatic rings. The standard InChI is InChI=1S/C16H24N2O/c1-13-2-4-15(5-3-13)12-18-16(19)7-6-14-8-10-17-11-9-14/h2-5,14,17H,6-12H2,1H3,(H,18,19). The Kier molecular flexibility index (Phi) is 5.40. The molecule has 2 rings (SSSR count). The first-order valence-corrected chi connectivity index (χ1v) is 7.27. The van der Waals surface area contributed by atoms with E-state index in [1.165, 1.54) is 24.0 Å². The topological polar surface area (TPSA) is 41.1 Å². The van der Waals surface area contributed by atoms with Gasteiger partial charge in [0.05, 0.1) is 0 Å². The minimum absolute atomic E-state index is 0.180. The van der Waals surface area contributed by atoms with Crippen LogP contribution in [0.5, 0.6) is 0 Å². The van der Waals surface area contributed by atoms with Gasteiger partial charge in [0.15, 0.2) is 0 Å². The van der Waals surface area contributed by atoms with Crippen LogP contribution in [0.1, 0.15) is 36.8 Å². The van der Waals surface area contributed by atoms with Crippen molar-refractivity contribution < 1.29 is 4.79 Å². The number of rotatable bonds is 5. The van der Waals surface area contributed by atoms with Gasteiger partial charge in [-0.25, -0.2) is 0 Å². The van der Waals surface area contributed by atoms with Gasteiger partial charge in [0.2, 0.25) is 5.91 Å². The maximum atomic E-state index is 11.8. The lowest BCUT2D eigenvalue weighted by atomic mass is 9.93. The van der Waals surface area contributed by atoms with Gasteiger partial charge in [0, 0.05) is 13.0 Å². The van der Waals surface area contributed by atoms with E-state index in [2.05, 4.69) is 41.8 Å². The van der Waals surface area contributed by atoms with Crippen LogP contribution in [-0.2, 0) is 11.3 Å². The molecule has 0 saturated carbocycles. The highest BCUT2D eigenvalue weighted by Gasteiger charge is 2.14. The maximum Gasteiger partial charge on any atom is 0.220 e. The van der Waals surface area contributed by atoms with Crippen LogP contribution in [0.25, 0.3) is 0 Å². The number of hydrogen-bond acceptors (Lipinski definition) is 2. The van der Waals surface area contributed by atoms with Gasteiger partial charge in [-0.15, -0.1) is 0 Å². The lowest BCUT2D eigenvalue weighted by molar-refractivity contribution is -0.121. The molecule has 1 heterocycles. The first-order chi connectivity index (χ1) is 9.24. The first-order valence-electron chi connectivity index (χ1n) is 7.27. The van der Waals surface area contributed by atoms with Gasteiger partial charge < -0.3 is 10.6 Å². The number of nitrogens with one attached hydrogen (secondary N) is 2. The zero-order chi connectivity index (χ0) is 13.5. The minimum atomic E-state index is 0.180. The van der Waals surface area contributed by atoms with E-state index in [0.29, 0.717) is 13.0 Å². The summed E-state index contributed by atoms with van der Waals surface area (Å²) in [5.41, 5.74) is 2.42. The van der Waals surface area contributed by atoms with E-state index in [4.69, 9.17) is 0 Å². The van der Waals surface area contributed by atoms with Crippen molar-refractivity contribution in [3.05, 3.63) is 35.4 Å². The summed E-state index contributed by atoms with van der Waals surface area (Å²) in [7, 11) is 0. The third kappa shape index (κ3) is 5.03. The Bertz CT molecular complexity index is 394. The summed E-state index contributed by atoms with van der Waals surface area (Å²) in [4.78, 5) is 11.8. The van der Waals surface area contributed by atoms with Crippen LogP contribution in [-0.4, -0.2) is 19.0 Å². The van der Waals surface area contributed by atoms with Gasteiger partial charge in [0.25, 0.3) is 0 Å². The van der Waals surface area contributed by atoms with Crippen LogP contribution in [0, 0.1) is 12.8 Å². The molecule has 0 bridgehead atoms. The number of carbonyl (C=O) groups excluding carboxylic acids is 1. The Balaban J connectivity index is 1.65. The van der Waals surface area contributed by atoms with E-state index < -0.39 is 0 Å². The zero-order valence-corrected chi connectivity index (χ0v) is 11.7. The summed E-state index contributed by atoms with van der Waals surface area (Å²) in [6.45, 7) is 4.93. The number of piperidine rings is 1. The molecule has 104 valence electrons. The molecule has 2 N–H and O–H groups in total. The van der Waals surface area contributed by atoms with E-state index in [1.54, 1.807) is 0 Å². The summed E-state index contributed by atoms with van der Waals surface area (Å²) in [6.07, 6.45) is 4.12. The highest BCUT2D eigenvalue weighted by Crippen LogP contribution is 2.17. The molecule has 3 heteroatoms. The molecule has 0 aromatic heterocycles. The summed E-state index contributed by atoms with van der Waals surface area (Å²) < 4.78 is 0. The van der Waals surface area contributed by atoms with E-state index in [9.17, 15) is 4.79 Å². The molecule has 19 heavy (non-hydrogen) atoms. The Morgan fingerprint density at radius 2 is 1.95 bits per heavy atom. The zero-order valence-electron chi connectivity index (χ0n) is 11.7. The molecule has 0 atom stereocenters. The smallest absolute Gasteiger partial charge is 0.220 e. The van der Waals surface area contributed by atoms with Crippen LogP contribution >= 0.6 is 0 Å². The van der Waals surface area contributed by atoms with Crippen molar-refractivity contribution in [1.29, 1.82) is 0 Å². The molecule has 1 saturated heterocycles. The molecular formula is C16H24N2O. The molecule has 0 spiro atoms.